The van der Waals surface area contributed by atoms with Gasteiger partial charge < -0.3 is 15.5 Å². The zero-order chi connectivity index (χ0) is 17.8. The van der Waals surface area contributed by atoms with Gasteiger partial charge in [0.25, 0.3) is 0 Å². The summed E-state index contributed by atoms with van der Waals surface area (Å²) in [4.78, 5) is 2.06. The molecule has 0 aliphatic rings. The summed E-state index contributed by atoms with van der Waals surface area (Å²) >= 11 is 0. The minimum atomic E-state index is -0.231. The SMILES string of the molecule is CC(C)N(CCO)C(CO)Nc1ccc2cc3ccccc3cc2c1. The number of aliphatic hydroxyl groups is 2. The fourth-order valence-electron chi connectivity index (χ4n) is 3.35. The predicted molar refractivity (Wildman–Crippen MR) is 105 cm³/mol. The van der Waals surface area contributed by atoms with Gasteiger partial charge in [-0.25, -0.2) is 0 Å². The number of nitrogens with one attached hydrogen (secondary N) is 1. The molecule has 25 heavy (non-hydrogen) atoms. The quantitative estimate of drug-likeness (QED) is 0.456. The van der Waals surface area contributed by atoms with E-state index in [4.69, 9.17) is 0 Å². The Labute approximate surface area is 148 Å². The van der Waals surface area contributed by atoms with E-state index in [0.717, 1.165) is 5.69 Å². The molecular weight excluding hydrogens is 312 g/mol. The van der Waals surface area contributed by atoms with E-state index in [1.165, 1.54) is 21.5 Å². The number of benzene rings is 3. The molecule has 4 nitrogen and oxygen atoms in total. The van der Waals surface area contributed by atoms with Gasteiger partial charge in [0, 0.05) is 18.3 Å². The van der Waals surface area contributed by atoms with Crippen molar-refractivity contribution in [3.8, 4) is 0 Å². The monoisotopic (exact) mass is 338 g/mol. The van der Waals surface area contributed by atoms with Gasteiger partial charge in [0.1, 0.15) is 6.17 Å². The van der Waals surface area contributed by atoms with Crippen LogP contribution in [0, 0.1) is 0 Å². The van der Waals surface area contributed by atoms with Gasteiger partial charge in [0.2, 0.25) is 0 Å². The summed E-state index contributed by atoms with van der Waals surface area (Å²) in [6.07, 6.45) is -0.231. The van der Waals surface area contributed by atoms with Crippen LogP contribution in [0.25, 0.3) is 21.5 Å². The minimum absolute atomic E-state index is 0.0199. The standard InChI is InChI=1S/C21H26N2O2/c1-15(2)23(9-10-24)21(14-25)22-20-8-7-18-11-16-5-3-4-6-17(16)12-19(18)13-20/h3-8,11-13,15,21-22,24-25H,9-10,14H2,1-2H3. The maximum atomic E-state index is 9.80. The van der Waals surface area contributed by atoms with Crippen molar-refractivity contribution in [2.75, 3.05) is 25.1 Å². The molecular formula is C21H26N2O2. The highest BCUT2D eigenvalue weighted by molar-refractivity contribution is 5.99. The number of anilines is 1. The highest BCUT2D eigenvalue weighted by Gasteiger charge is 2.20. The van der Waals surface area contributed by atoms with Crippen molar-refractivity contribution in [2.24, 2.45) is 0 Å². The van der Waals surface area contributed by atoms with Crippen molar-refractivity contribution in [3.05, 3.63) is 54.6 Å². The molecule has 0 aliphatic heterocycles. The summed E-state index contributed by atoms with van der Waals surface area (Å²) in [6, 6.07) is 19.2. The third-order valence-corrected chi connectivity index (χ3v) is 4.63. The molecule has 0 fully saturated rings. The number of fused-ring (bicyclic) bond motifs is 2. The van der Waals surface area contributed by atoms with Gasteiger partial charge in [-0.15, -0.1) is 0 Å². The molecule has 3 N–H and O–H groups in total. The molecule has 3 aromatic rings. The average Bonchev–Trinajstić information content (AvgIpc) is 2.62. The van der Waals surface area contributed by atoms with E-state index in [1.807, 2.05) is 12.1 Å². The second-order valence-corrected chi connectivity index (χ2v) is 6.66. The second kappa shape index (κ2) is 7.83. The highest BCUT2D eigenvalue weighted by Crippen LogP contribution is 2.26. The van der Waals surface area contributed by atoms with Gasteiger partial charge in [-0.1, -0.05) is 30.3 Å². The number of hydrogen-bond acceptors (Lipinski definition) is 4. The number of aliphatic hydroxyl groups excluding tert-OH is 2. The Bertz CT molecular complexity index is 848. The minimum Gasteiger partial charge on any atom is -0.395 e. The van der Waals surface area contributed by atoms with Crippen molar-refractivity contribution >= 4 is 27.2 Å². The maximum Gasteiger partial charge on any atom is 0.103 e. The molecule has 1 unspecified atom stereocenters. The summed E-state index contributed by atoms with van der Waals surface area (Å²) in [7, 11) is 0. The Morgan fingerprint density at radius 1 is 0.880 bits per heavy atom. The van der Waals surface area contributed by atoms with Crippen LogP contribution in [0.2, 0.25) is 0 Å². The lowest BCUT2D eigenvalue weighted by Gasteiger charge is -2.34. The molecule has 4 heteroatoms. The summed E-state index contributed by atoms with van der Waals surface area (Å²) in [5.74, 6) is 0. The van der Waals surface area contributed by atoms with Crippen molar-refractivity contribution in [3.63, 3.8) is 0 Å². The van der Waals surface area contributed by atoms with Crippen molar-refractivity contribution in [2.45, 2.75) is 26.1 Å². The van der Waals surface area contributed by atoms with Crippen LogP contribution in [0.3, 0.4) is 0 Å². The van der Waals surface area contributed by atoms with E-state index in [0.29, 0.717) is 6.54 Å². The Morgan fingerprint density at radius 2 is 1.52 bits per heavy atom. The molecule has 0 bridgehead atoms. The van der Waals surface area contributed by atoms with Crippen LogP contribution in [0.15, 0.2) is 54.6 Å². The van der Waals surface area contributed by atoms with Crippen molar-refractivity contribution in [1.82, 2.24) is 4.90 Å². The third-order valence-electron chi connectivity index (χ3n) is 4.63. The Morgan fingerprint density at radius 3 is 2.12 bits per heavy atom. The molecule has 0 heterocycles. The van der Waals surface area contributed by atoms with E-state index in [1.54, 1.807) is 0 Å². The molecule has 0 saturated heterocycles. The van der Waals surface area contributed by atoms with Crippen LogP contribution < -0.4 is 5.32 Å². The molecule has 132 valence electrons. The van der Waals surface area contributed by atoms with E-state index < -0.39 is 0 Å². The van der Waals surface area contributed by atoms with Gasteiger partial charge in [-0.2, -0.15) is 0 Å². The molecule has 0 radical (unpaired) electrons. The summed E-state index contributed by atoms with van der Waals surface area (Å²) < 4.78 is 0. The molecule has 3 aromatic carbocycles. The predicted octanol–water partition coefficient (Wildman–Crippen LogP) is 3.43. The molecule has 0 saturated carbocycles. The van der Waals surface area contributed by atoms with Crippen LogP contribution in [0.4, 0.5) is 5.69 Å². The first-order valence-corrected chi connectivity index (χ1v) is 8.79. The lowest BCUT2D eigenvalue weighted by molar-refractivity contribution is 0.0906. The van der Waals surface area contributed by atoms with E-state index >= 15 is 0 Å². The largest absolute Gasteiger partial charge is 0.395 e. The molecule has 0 aromatic heterocycles. The number of nitrogens with zero attached hydrogens (tertiary/aromatic N) is 1. The van der Waals surface area contributed by atoms with Crippen molar-refractivity contribution < 1.29 is 10.2 Å². The van der Waals surface area contributed by atoms with Gasteiger partial charge in [-0.3, -0.25) is 4.90 Å². The van der Waals surface area contributed by atoms with Crippen LogP contribution in [0.5, 0.6) is 0 Å². The Balaban J connectivity index is 1.90. The van der Waals surface area contributed by atoms with Crippen LogP contribution >= 0.6 is 0 Å². The topological polar surface area (TPSA) is 55.7 Å². The number of hydrogen-bond donors (Lipinski definition) is 3. The molecule has 3 rings (SSSR count). The number of rotatable bonds is 7. The summed E-state index contributed by atoms with van der Waals surface area (Å²) in [5.41, 5.74) is 0.963. The average molecular weight is 338 g/mol. The molecule has 1 atom stereocenters. The first kappa shape index (κ1) is 17.7. The lowest BCUT2D eigenvalue weighted by atomic mass is 10.0. The van der Waals surface area contributed by atoms with Crippen LogP contribution in [-0.4, -0.2) is 47.1 Å². The Hall–Kier alpha value is -2.14. The third kappa shape index (κ3) is 3.93. The zero-order valence-electron chi connectivity index (χ0n) is 14.8. The first-order chi connectivity index (χ1) is 12.1. The van der Waals surface area contributed by atoms with Crippen LogP contribution in [-0.2, 0) is 0 Å². The summed E-state index contributed by atoms with van der Waals surface area (Å²) in [6.45, 7) is 4.70. The fraction of sp³-hybridized carbons (Fsp3) is 0.333. The smallest absolute Gasteiger partial charge is 0.103 e. The van der Waals surface area contributed by atoms with Gasteiger partial charge in [-0.05, 0) is 59.7 Å². The van der Waals surface area contributed by atoms with E-state index in [-0.39, 0.29) is 25.4 Å². The van der Waals surface area contributed by atoms with E-state index in [2.05, 4.69) is 66.5 Å². The van der Waals surface area contributed by atoms with Gasteiger partial charge in [0.05, 0.1) is 13.2 Å². The first-order valence-electron chi connectivity index (χ1n) is 8.79. The fourth-order valence-corrected chi connectivity index (χ4v) is 3.35. The zero-order valence-corrected chi connectivity index (χ0v) is 14.8. The van der Waals surface area contributed by atoms with Crippen LogP contribution in [0.1, 0.15) is 13.8 Å². The molecule has 0 amide bonds. The highest BCUT2D eigenvalue weighted by atomic mass is 16.3. The normalized spacial score (nSPS) is 13.0. The van der Waals surface area contributed by atoms with E-state index in [9.17, 15) is 10.2 Å². The molecule has 0 aliphatic carbocycles. The Kier molecular flexibility index (Phi) is 5.53. The van der Waals surface area contributed by atoms with Gasteiger partial charge in [0.15, 0.2) is 0 Å². The van der Waals surface area contributed by atoms with Crippen molar-refractivity contribution in [1.29, 1.82) is 0 Å². The van der Waals surface area contributed by atoms with Gasteiger partial charge >= 0.3 is 0 Å². The molecule has 0 spiro atoms. The second-order valence-electron chi connectivity index (χ2n) is 6.66. The summed E-state index contributed by atoms with van der Waals surface area (Å²) in [5, 5.41) is 27.3. The maximum absolute atomic E-state index is 9.80. The lowest BCUT2D eigenvalue weighted by Crippen LogP contribution is -2.48.